The number of hydrogen-bond acceptors (Lipinski definition) is 3. The lowest BCUT2D eigenvalue weighted by Crippen LogP contribution is -2.45. The molecule has 0 spiro atoms. The molecule has 0 radical (unpaired) electrons. The highest BCUT2D eigenvalue weighted by molar-refractivity contribution is 5.85. The zero-order valence-corrected chi connectivity index (χ0v) is 13.4. The summed E-state index contributed by atoms with van der Waals surface area (Å²) in [5.41, 5.74) is -1.17. The number of aliphatic hydroxyl groups is 1. The quantitative estimate of drug-likeness (QED) is 0.796. The maximum atomic E-state index is 14.4. The van der Waals surface area contributed by atoms with E-state index in [4.69, 9.17) is 5.11 Å². The van der Waals surface area contributed by atoms with Gasteiger partial charge in [-0.25, -0.2) is 4.39 Å². The Morgan fingerprint density at radius 2 is 1.87 bits per heavy atom. The molecule has 1 heterocycles. The van der Waals surface area contributed by atoms with Crippen molar-refractivity contribution in [1.82, 2.24) is 10.2 Å². The second-order valence-electron chi connectivity index (χ2n) is 5.37. The molecule has 0 amide bonds. The molecule has 1 aromatic rings. The van der Waals surface area contributed by atoms with Gasteiger partial charge in [-0.3, -0.25) is 4.90 Å². The standard InChI is InChI=1S/C15H20F4N2O.ClH/c16-14-11(3-1-4-12(14)15(17,18)19)13(5-2-10-22)21-8-6-20-7-9-21;/h1,3-4,13,20,22H,2,5-10H2;1H/t13-;/m0./s1. The summed E-state index contributed by atoms with van der Waals surface area (Å²) in [7, 11) is 0. The van der Waals surface area contributed by atoms with E-state index in [-0.39, 0.29) is 24.6 Å². The van der Waals surface area contributed by atoms with E-state index in [2.05, 4.69) is 5.32 Å². The minimum atomic E-state index is -4.70. The second-order valence-corrected chi connectivity index (χ2v) is 5.37. The summed E-state index contributed by atoms with van der Waals surface area (Å²) in [6.07, 6.45) is -3.86. The van der Waals surface area contributed by atoms with Crippen LogP contribution in [0.1, 0.15) is 30.0 Å². The van der Waals surface area contributed by atoms with Crippen LogP contribution in [0.5, 0.6) is 0 Å². The number of alkyl halides is 3. The molecule has 23 heavy (non-hydrogen) atoms. The molecular weight excluding hydrogens is 336 g/mol. The lowest BCUT2D eigenvalue weighted by molar-refractivity contribution is -0.140. The first-order chi connectivity index (χ1) is 10.4. The van der Waals surface area contributed by atoms with Crippen molar-refractivity contribution in [2.75, 3.05) is 32.8 Å². The number of nitrogens with zero attached hydrogens (tertiary/aromatic N) is 1. The molecule has 0 bridgehead atoms. The fraction of sp³-hybridized carbons (Fsp3) is 0.600. The Bertz CT molecular complexity index is 493. The van der Waals surface area contributed by atoms with Gasteiger partial charge in [0, 0.05) is 44.4 Å². The van der Waals surface area contributed by atoms with Gasteiger partial charge in [-0.15, -0.1) is 12.4 Å². The molecule has 3 nitrogen and oxygen atoms in total. The third-order valence-corrected chi connectivity index (χ3v) is 3.92. The minimum absolute atomic E-state index is 0. The summed E-state index contributed by atoms with van der Waals surface area (Å²) >= 11 is 0. The first kappa shape index (κ1) is 20.2. The third kappa shape index (κ3) is 5.04. The molecule has 0 aromatic heterocycles. The average molecular weight is 357 g/mol. The molecule has 1 fully saturated rings. The average Bonchev–Trinajstić information content (AvgIpc) is 2.49. The van der Waals surface area contributed by atoms with Gasteiger partial charge in [-0.05, 0) is 18.9 Å². The lowest BCUT2D eigenvalue weighted by atomic mass is 9.96. The van der Waals surface area contributed by atoms with Crippen LogP contribution in [0.4, 0.5) is 17.6 Å². The van der Waals surface area contributed by atoms with Gasteiger partial charge in [0.25, 0.3) is 0 Å². The molecule has 2 N–H and O–H groups in total. The van der Waals surface area contributed by atoms with E-state index in [1.54, 1.807) is 0 Å². The molecule has 1 atom stereocenters. The zero-order chi connectivity index (χ0) is 16.2. The topological polar surface area (TPSA) is 35.5 Å². The van der Waals surface area contributed by atoms with Gasteiger partial charge in [0.2, 0.25) is 0 Å². The Labute approximate surface area is 139 Å². The molecule has 0 aliphatic carbocycles. The normalized spacial score (nSPS) is 17.6. The van der Waals surface area contributed by atoms with Crippen LogP contribution in [-0.2, 0) is 6.18 Å². The first-order valence-electron chi connectivity index (χ1n) is 7.36. The number of piperazine rings is 1. The maximum Gasteiger partial charge on any atom is 0.419 e. The highest BCUT2D eigenvalue weighted by Crippen LogP contribution is 2.36. The van der Waals surface area contributed by atoms with E-state index in [0.29, 0.717) is 25.9 Å². The molecule has 132 valence electrons. The van der Waals surface area contributed by atoms with E-state index >= 15 is 0 Å². The highest BCUT2D eigenvalue weighted by atomic mass is 35.5. The highest BCUT2D eigenvalue weighted by Gasteiger charge is 2.36. The van der Waals surface area contributed by atoms with Crippen molar-refractivity contribution < 1.29 is 22.7 Å². The predicted molar refractivity (Wildman–Crippen MR) is 82.2 cm³/mol. The first-order valence-corrected chi connectivity index (χ1v) is 7.36. The molecule has 1 aromatic carbocycles. The fourth-order valence-electron chi connectivity index (χ4n) is 2.84. The van der Waals surface area contributed by atoms with Gasteiger partial charge < -0.3 is 10.4 Å². The Hall–Kier alpha value is -0.890. The number of benzene rings is 1. The lowest BCUT2D eigenvalue weighted by Gasteiger charge is -2.35. The van der Waals surface area contributed by atoms with Crippen molar-refractivity contribution in [2.24, 2.45) is 0 Å². The van der Waals surface area contributed by atoms with E-state index < -0.39 is 23.6 Å². The number of hydrogen-bond donors (Lipinski definition) is 2. The Morgan fingerprint density at radius 3 is 2.43 bits per heavy atom. The zero-order valence-electron chi connectivity index (χ0n) is 12.6. The van der Waals surface area contributed by atoms with Crippen LogP contribution in [0.15, 0.2) is 18.2 Å². The van der Waals surface area contributed by atoms with Gasteiger partial charge in [0.15, 0.2) is 0 Å². The summed E-state index contributed by atoms with van der Waals surface area (Å²) in [5, 5.41) is 12.2. The number of rotatable bonds is 5. The summed E-state index contributed by atoms with van der Waals surface area (Å²) in [5.74, 6) is -1.20. The monoisotopic (exact) mass is 356 g/mol. The molecular formula is C15H21ClF4N2O. The van der Waals surface area contributed by atoms with Gasteiger partial charge in [0.05, 0.1) is 5.56 Å². The van der Waals surface area contributed by atoms with E-state index in [1.807, 2.05) is 4.90 Å². The van der Waals surface area contributed by atoms with Crippen LogP contribution in [0.3, 0.4) is 0 Å². The van der Waals surface area contributed by atoms with Crippen molar-refractivity contribution in [3.63, 3.8) is 0 Å². The number of halogens is 5. The fourth-order valence-corrected chi connectivity index (χ4v) is 2.84. The van der Waals surface area contributed by atoms with Crippen LogP contribution < -0.4 is 5.32 Å². The Morgan fingerprint density at radius 1 is 1.22 bits per heavy atom. The van der Waals surface area contributed by atoms with E-state index in [0.717, 1.165) is 19.2 Å². The Balaban J connectivity index is 0.00000264. The van der Waals surface area contributed by atoms with Crippen molar-refractivity contribution in [2.45, 2.75) is 25.1 Å². The van der Waals surface area contributed by atoms with Crippen molar-refractivity contribution in [3.8, 4) is 0 Å². The van der Waals surface area contributed by atoms with Crippen molar-refractivity contribution in [3.05, 3.63) is 35.1 Å². The second kappa shape index (κ2) is 8.82. The third-order valence-electron chi connectivity index (χ3n) is 3.92. The van der Waals surface area contributed by atoms with Crippen LogP contribution in [0.25, 0.3) is 0 Å². The smallest absolute Gasteiger partial charge is 0.396 e. The predicted octanol–water partition coefficient (Wildman–Crippen LogP) is 2.99. The van der Waals surface area contributed by atoms with Gasteiger partial charge in [-0.2, -0.15) is 13.2 Å². The summed E-state index contributed by atoms with van der Waals surface area (Å²) in [6, 6.07) is 2.97. The van der Waals surface area contributed by atoms with Gasteiger partial charge in [0.1, 0.15) is 5.82 Å². The molecule has 1 saturated heterocycles. The molecule has 1 aliphatic heterocycles. The molecule has 8 heteroatoms. The van der Waals surface area contributed by atoms with E-state index in [9.17, 15) is 17.6 Å². The van der Waals surface area contributed by atoms with E-state index in [1.165, 1.54) is 12.1 Å². The molecule has 2 rings (SSSR count). The number of nitrogens with one attached hydrogen (secondary N) is 1. The van der Waals surface area contributed by atoms with Crippen molar-refractivity contribution in [1.29, 1.82) is 0 Å². The van der Waals surface area contributed by atoms with Crippen LogP contribution in [0, 0.1) is 5.82 Å². The number of aliphatic hydroxyl groups excluding tert-OH is 1. The van der Waals surface area contributed by atoms with Crippen LogP contribution in [-0.4, -0.2) is 42.8 Å². The largest absolute Gasteiger partial charge is 0.419 e. The molecule has 0 unspecified atom stereocenters. The van der Waals surface area contributed by atoms with Crippen molar-refractivity contribution >= 4 is 12.4 Å². The van der Waals surface area contributed by atoms with Crippen LogP contribution in [0.2, 0.25) is 0 Å². The summed E-state index contributed by atoms with van der Waals surface area (Å²) in [4.78, 5) is 1.98. The van der Waals surface area contributed by atoms with Gasteiger partial charge >= 0.3 is 6.18 Å². The maximum absolute atomic E-state index is 14.4. The van der Waals surface area contributed by atoms with Gasteiger partial charge in [-0.1, -0.05) is 12.1 Å². The Kier molecular flexibility index (Phi) is 7.73. The minimum Gasteiger partial charge on any atom is -0.396 e. The SMILES string of the molecule is Cl.OCCC[C@@H](c1cccc(C(F)(F)F)c1F)N1CCNCC1. The van der Waals surface area contributed by atoms with Crippen LogP contribution >= 0.6 is 12.4 Å². The molecule has 0 saturated carbocycles. The summed E-state index contributed by atoms with van der Waals surface area (Å²) in [6.45, 7) is 2.66. The summed E-state index contributed by atoms with van der Waals surface area (Å²) < 4.78 is 53.0. The molecule has 1 aliphatic rings.